The van der Waals surface area contributed by atoms with E-state index in [0.29, 0.717) is 11.8 Å². The summed E-state index contributed by atoms with van der Waals surface area (Å²) in [6, 6.07) is 4.95. The van der Waals surface area contributed by atoms with Gasteiger partial charge in [-0.25, -0.2) is 18.4 Å². The first-order chi connectivity index (χ1) is 15.0. The minimum atomic E-state index is -4.53. The summed E-state index contributed by atoms with van der Waals surface area (Å²) < 4.78 is 70.3. The molecule has 4 rings (SSSR count). The van der Waals surface area contributed by atoms with Crippen molar-refractivity contribution in [1.29, 1.82) is 0 Å². The number of aryl methyl sites for hydroxylation is 1. The average molecular weight is 451 g/mol. The highest BCUT2D eigenvalue weighted by atomic mass is 19.4. The van der Waals surface area contributed by atoms with E-state index in [1.165, 1.54) is 28.1 Å². The molecule has 168 valence electrons. The molecule has 11 heteroatoms. The van der Waals surface area contributed by atoms with E-state index in [0.717, 1.165) is 24.3 Å². The highest BCUT2D eigenvalue weighted by molar-refractivity contribution is 5.82. The third kappa shape index (κ3) is 3.72. The maximum Gasteiger partial charge on any atom is 0.416 e. The van der Waals surface area contributed by atoms with E-state index in [9.17, 15) is 27.1 Å². The molecule has 6 nitrogen and oxygen atoms in total. The zero-order valence-electron chi connectivity index (χ0n) is 17.0. The fourth-order valence-corrected chi connectivity index (χ4v) is 3.83. The zero-order chi connectivity index (χ0) is 23.3. The lowest BCUT2D eigenvalue weighted by Crippen LogP contribution is -2.41. The Kier molecular flexibility index (Phi) is 5.24. The lowest BCUT2D eigenvalue weighted by Gasteiger charge is -2.35. The van der Waals surface area contributed by atoms with Crippen molar-refractivity contribution in [1.82, 2.24) is 24.5 Å². The van der Waals surface area contributed by atoms with Crippen LogP contribution in [0.5, 0.6) is 0 Å². The molecule has 2 aromatic carbocycles. The Bertz CT molecular complexity index is 1270. The van der Waals surface area contributed by atoms with Gasteiger partial charge < -0.3 is 5.11 Å². The van der Waals surface area contributed by atoms with Crippen LogP contribution in [0.1, 0.15) is 29.8 Å². The van der Waals surface area contributed by atoms with Gasteiger partial charge in [0, 0.05) is 22.7 Å². The third-order valence-electron chi connectivity index (χ3n) is 5.60. The number of alkyl halides is 3. The second-order valence-corrected chi connectivity index (χ2v) is 7.58. The predicted molar refractivity (Wildman–Crippen MR) is 104 cm³/mol. The molecule has 0 spiro atoms. The molecule has 0 saturated carbocycles. The lowest BCUT2D eigenvalue weighted by molar-refractivity contribution is -0.137. The standard InChI is InChI=1S/C21H18F5N5O/c1-12-16-7-14(21(24,25)26)3-6-19(16)29-31(12)13(2)20(32,9-30-11-27-10-28-30)17-5-4-15(22)8-18(17)23/h3-8,10-11,13,32H,9H2,1-2H3/t13-,20-/m1/s1. The molecule has 4 aromatic rings. The zero-order valence-corrected chi connectivity index (χ0v) is 17.0. The van der Waals surface area contributed by atoms with Crippen molar-refractivity contribution in [2.75, 3.05) is 0 Å². The Morgan fingerprint density at radius 1 is 1.09 bits per heavy atom. The molecule has 0 aliphatic carbocycles. The second-order valence-electron chi connectivity index (χ2n) is 7.58. The van der Waals surface area contributed by atoms with E-state index in [2.05, 4.69) is 15.2 Å². The van der Waals surface area contributed by atoms with Crippen LogP contribution < -0.4 is 0 Å². The summed E-state index contributed by atoms with van der Waals surface area (Å²) in [4.78, 5) is 3.81. The summed E-state index contributed by atoms with van der Waals surface area (Å²) >= 11 is 0. The van der Waals surface area contributed by atoms with Crippen molar-refractivity contribution in [2.45, 2.75) is 38.2 Å². The van der Waals surface area contributed by atoms with Crippen molar-refractivity contribution in [3.63, 3.8) is 0 Å². The van der Waals surface area contributed by atoms with Crippen LogP contribution in [0.3, 0.4) is 0 Å². The monoisotopic (exact) mass is 451 g/mol. The molecule has 2 heterocycles. The van der Waals surface area contributed by atoms with Crippen LogP contribution >= 0.6 is 0 Å². The van der Waals surface area contributed by atoms with E-state index in [-0.39, 0.29) is 23.0 Å². The van der Waals surface area contributed by atoms with Crippen molar-refractivity contribution < 1.29 is 27.1 Å². The van der Waals surface area contributed by atoms with Gasteiger partial charge in [-0.15, -0.1) is 0 Å². The van der Waals surface area contributed by atoms with Gasteiger partial charge >= 0.3 is 6.18 Å². The number of aliphatic hydroxyl groups is 1. The molecule has 2 aromatic heterocycles. The van der Waals surface area contributed by atoms with Crippen LogP contribution in [-0.2, 0) is 18.3 Å². The summed E-state index contributed by atoms with van der Waals surface area (Å²) in [5, 5.41) is 20.2. The summed E-state index contributed by atoms with van der Waals surface area (Å²) in [5.74, 6) is -1.80. The second kappa shape index (κ2) is 7.66. The maximum absolute atomic E-state index is 14.7. The molecule has 0 fully saturated rings. The third-order valence-corrected chi connectivity index (χ3v) is 5.60. The summed E-state index contributed by atoms with van der Waals surface area (Å²) in [7, 11) is 0. The van der Waals surface area contributed by atoms with Crippen molar-refractivity contribution in [3.05, 3.63) is 77.5 Å². The summed E-state index contributed by atoms with van der Waals surface area (Å²) in [6.45, 7) is 2.84. The smallest absolute Gasteiger partial charge is 0.381 e. The SMILES string of the molecule is Cc1c2cc(C(F)(F)F)ccc2nn1[C@H](C)[C@](O)(Cn1cncn1)c1ccc(F)cc1F. The Morgan fingerprint density at radius 3 is 2.47 bits per heavy atom. The van der Waals surface area contributed by atoms with Gasteiger partial charge in [-0.2, -0.15) is 23.4 Å². The molecular formula is C21H18F5N5O. The Balaban J connectivity index is 1.86. The minimum absolute atomic E-state index is 0.211. The van der Waals surface area contributed by atoms with E-state index >= 15 is 0 Å². The first-order valence-corrected chi connectivity index (χ1v) is 9.57. The molecule has 32 heavy (non-hydrogen) atoms. The van der Waals surface area contributed by atoms with Gasteiger partial charge in [-0.1, -0.05) is 6.07 Å². The van der Waals surface area contributed by atoms with E-state index in [1.807, 2.05) is 0 Å². The number of halogens is 5. The molecule has 0 radical (unpaired) electrons. The fourth-order valence-electron chi connectivity index (χ4n) is 3.83. The number of fused-ring (bicyclic) bond motifs is 1. The number of aromatic nitrogens is 5. The number of hydrogen-bond donors (Lipinski definition) is 1. The van der Waals surface area contributed by atoms with Crippen LogP contribution in [0.2, 0.25) is 0 Å². The highest BCUT2D eigenvalue weighted by Gasteiger charge is 2.41. The van der Waals surface area contributed by atoms with Crippen LogP contribution in [0, 0.1) is 18.6 Å². The molecule has 0 bridgehead atoms. The van der Waals surface area contributed by atoms with Gasteiger partial charge in [0.15, 0.2) is 0 Å². The Labute approximate surface area is 178 Å². The van der Waals surface area contributed by atoms with Gasteiger partial charge in [-0.3, -0.25) is 4.68 Å². The normalized spacial score (nSPS) is 15.1. The maximum atomic E-state index is 14.7. The number of rotatable bonds is 5. The van der Waals surface area contributed by atoms with E-state index in [4.69, 9.17) is 0 Å². The minimum Gasteiger partial charge on any atom is -0.381 e. The van der Waals surface area contributed by atoms with Crippen LogP contribution in [0.15, 0.2) is 49.1 Å². The average Bonchev–Trinajstić information content (AvgIpc) is 3.34. The topological polar surface area (TPSA) is 68.8 Å². The highest BCUT2D eigenvalue weighted by Crippen LogP contribution is 2.39. The lowest BCUT2D eigenvalue weighted by atomic mass is 9.86. The van der Waals surface area contributed by atoms with Gasteiger partial charge in [0.05, 0.1) is 23.7 Å². The fraction of sp³-hybridized carbons (Fsp3) is 0.286. The molecule has 1 N–H and O–H groups in total. The predicted octanol–water partition coefficient (Wildman–Crippen LogP) is 4.38. The van der Waals surface area contributed by atoms with Crippen molar-refractivity contribution >= 4 is 10.9 Å². The molecule has 2 atom stereocenters. The molecule has 0 aliphatic rings. The number of hydrogen-bond acceptors (Lipinski definition) is 4. The Morgan fingerprint density at radius 2 is 1.84 bits per heavy atom. The van der Waals surface area contributed by atoms with Gasteiger partial charge in [0.1, 0.15) is 29.9 Å². The molecule has 0 aliphatic heterocycles. The molecule has 0 unspecified atom stereocenters. The molecule has 0 amide bonds. The van der Waals surface area contributed by atoms with E-state index in [1.54, 1.807) is 13.8 Å². The van der Waals surface area contributed by atoms with Gasteiger partial charge in [0.25, 0.3) is 0 Å². The largest absolute Gasteiger partial charge is 0.416 e. The van der Waals surface area contributed by atoms with Gasteiger partial charge in [-0.05, 0) is 38.1 Å². The van der Waals surface area contributed by atoms with Gasteiger partial charge in [0.2, 0.25) is 0 Å². The van der Waals surface area contributed by atoms with Crippen molar-refractivity contribution in [3.8, 4) is 0 Å². The quantitative estimate of drug-likeness (QED) is 0.458. The number of benzene rings is 2. The van der Waals surface area contributed by atoms with Crippen LogP contribution in [0.4, 0.5) is 22.0 Å². The first kappa shape index (κ1) is 21.9. The molecular weight excluding hydrogens is 433 g/mol. The van der Waals surface area contributed by atoms with Crippen LogP contribution in [-0.4, -0.2) is 29.7 Å². The first-order valence-electron chi connectivity index (χ1n) is 9.57. The van der Waals surface area contributed by atoms with E-state index < -0.39 is 35.0 Å². The summed E-state index contributed by atoms with van der Waals surface area (Å²) in [6.07, 6.45) is -1.97. The number of nitrogens with zero attached hydrogens (tertiary/aromatic N) is 5. The molecule has 0 saturated heterocycles. The van der Waals surface area contributed by atoms with Crippen molar-refractivity contribution in [2.24, 2.45) is 0 Å². The Hall–Kier alpha value is -3.34. The summed E-state index contributed by atoms with van der Waals surface area (Å²) in [5.41, 5.74) is -2.41. The van der Waals surface area contributed by atoms with Crippen LogP contribution in [0.25, 0.3) is 10.9 Å².